The van der Waals surface area contributed by atoms with Crippen molar-refractivity contribution in [2.45, 2.75) is 17.9 Å². The minimum atomic E-state index is -0.746. The van der Waals surface area contributed by atoms with E-state index in [0.717, 1.165) is 20.5 Å². The summed E-state index contributed by atoms with van der Waals surface area (Å²) in [5.74, 6) is -0.432. The van der Waals surface area contributed by atoms with Gasteiger partial charge in [0.05, 0.1) is 32.0 Å². The molecule has 39 heavy (non-hydrogen) atoms. The molecule has 0 fully saturated rings. The maximum Gasteiger partial charge on any atom is 0.338 e. The quantitative estimate of drug-likeness (QED) is 0.156. The van der Waals surface area contributed by atoms with Gasteiger partial charge >= 0.3 is 5.97 Å². The Morgan fingerprint density at radius 3 is 2.59 bits per heavy atom. The maximum absolute atomic E-state index is 14.0. The lowest BCUT2D eigenvalue weighted by Crippen LogP contribution is -2.40. The van der Waals surface area contributed by atoms with E-state index in [1.165, 1.54) is 11.3 Å². The highest BCUT2D eigenvalue weighted by atomic mass is 127. The monoisotopic (exact) mass is 732 g/mol. The normalized spacial score (nSPS) is 15.2. The highest BCUT2D eigenvalue weighted by Gasteiger charge is 2.35. The van der Waals surface area contributed by atoms with Crippen molar-refractivity contribution in [3.05, 3.63) is 117 Å². The zero-order chi connectivity index (χ0) is 27.7. The number of fused-ring (bicyclic) bond motifs is 1. The molecular weight excluding hydrogens is 711 g/mol. The molecule has 0 spiro atoms. The summed E-state index contributed by atoms with van der Waals surface area (Å²) in [4.78, 5) is 33.9. The summed E-state index contributed by atoms with van der Waals surface area (Å²) in [6.07, 6.45) is 3.66. The van der Waals surface area contributed by atoms with E-state index in [9.17, 15) is 14.7 Å². The lowest BCUT2D eigenvalue weighted by molar-refractivity contribution is -0.138. The van der Waals surface area contributed by atoms with Crippen LogP contribution in [0, 0.1) is 3.57 Å². The van der Waals surface area contributed by atoms with Crippen LogP contribution in [0.1, 0.15) is 29.7 Å². The molecule has 6 nitrogen and oxygen atoms in total. The highest BCUT2D eigenvalue weighted by molar-refractivity contribution is 14.1. The Hall–Kier alpha value is -2.67. The minimum Gasteiger partial charge on any atom is -0.506 e. The topological polar surface area (TPSA) is 80.9 Å². The Labute approximate surface area is 255 Å². The van der Waals surface area contributed by atoms with Gasteiger partial charge in [0.1, 0.15) is 5.75 Å². The fourth-order valence-corrected chi connectivity index (χ4v) is 7.33. The number of benzene rings is 3. The molecule has 5 rings (SSSR count). The average Bonchev–Trinajstić information content (AvgIpc) is 3.25. The van der Waals surface area contributed by atoms with Gasteiger partial charge < -0.3 is 9.84 Å². The predicted octanol–water partition coefficient (Wildman–Crippen LogP) is 5.73. The summed E-state index contributed by atoms with van der Waals surface area (Å²) in [7, 11) is 0. The van der Waals surface area contributed by atoms with Crippen LogP contribution in [0.2, 0.25) is 0 Å². The molecule has 0 bridgehead atoms. The van der Waals surface area contributed by atoms with Gasteiger partial charge in [0.2, 0.25) is 0 Å². The van der Waals surface area contributed by atoms with E-state index in [1.807, 2.05) is 83.4 Å². The lowest BCUT2D eigenvalue weighted by Gasteiger charge is -2.26. The first kappa shape index (κ1) is 27.9. The van der Waals surface area contributed by atoms with Gasteiger partial charge in [-0.2, -0.15) is 0 Å². The molecule has 0 saturated carbocycles. The van der Waals surface area contributed by atoms with Crippen LogP contribution in [0.3, 0.4) is 0 Å². The Morgan fingerprint density at radius 1 is 1.21 bits per heavy atom. The summed E-state index contributed by atoms with van der Waals surface area (Å²) < 4.78 is 8.90. The van der Waals surface area contributed by atoms with Crippen molar-refractivity contribution in [2.24, 2.45) is 4.99 Å². The third-order valence-electron chi connectivity index (χ3n) is 6.15. The van der Waals surface area contributed by atoms with Gasteiger partial charge in [-0.25, -0.2) is 9.79 Å². The molecule has 0 amide bonds. The van der Waals surface area contributed by atoms with Gasteiger partial charge in [-0.15, -0.1) is 11.8 Å². The fraction of sp³-hybridized carbons (Fsp3) is 0.138. The van der Waals surface area contributed by atoms with E-state index in [4.69, 9.17) is 9.73 Å². The molecule has 1 N–H and O–H groups in total. The number of aromatic hydroxyl groups is 1. The average molecular weight is 733 g/mol. The maximum atomic E-state index is 14.0. The van der Waals surface area contributed by atoms with Crippen LogP contribution in [0.4, 0.5) is 0 Å². The number of esters is 1. The van der Waals surface area contributed by atoms with Crippen molar-refractivity contribution in [1.82, 2.24) is 4.57 Å². The Balaban J connectivity index is 1.84. The van der Waals surface area contributed by atoms with E-state index >= 15 is 0 Å². The number of aromatic nitrogens is 1. The second kappa shape index (κ2) is 11.8. The number of carbonyl (C=O) groups is 1. The summed E-state index contributed by atoms with van der Waals surface area (Å²) in [6, 6.07) is 20.1. The SMILES string of the molecule is CCOC(=O)C1=C(c2ccccc2)N=c2s/c(=C\c3cc(Br)cc(I)c3O)c(=O)n2[C@@H]1c1ccc(SC)cc1. The first-order chi connectivity index (χ1) is 18.8. The van der Waals surface area contributed by atoms with Crippen molar-refractivity contribution in [2.75, 3.05) is 12.9 Å². The number of thioether (sulfide) groups is 1. The second-order valence-corrected chi connectivity index (χ2v) is 12.5. The van der Waals surface area contributed by atoms with Gasteiger partial charge in [-0.05, 0) is 71.7 Å². The smallest absolute Gasteiger partial charge is 0.338 e. The van der Waals surface area contributed by atoms with Crippen molar-refractivity contribution in [3.8, 4) is 5.75 Å². The second-order valence-electron chi connectivity index (χ2n) is 8.53. The van der Waals surface area contributed by atoms with Gasteiger partial charge in [0.25, 0.3) is 5.56 Å². The van der Waals surface area contributed by atoms with Crippen LogP contribution in [0.15, 0.2) is 91.5 Å². The Bertz CT molecular complexity index is 1780. The number of hydrogen-bond donors (Lipinski definition) is 1. The van der Waals surface area contributed by atoms with Crippen LogP contribution in [0.25, 0.3) is 11.8 Å². The molecule has 2 heterocycles. The number of phenolic OH excluding ortho intramolecular Hbond substituents is 1. The molecule has 1 aliphatic heterocycles. The molecule has 198 valence electrons. The molecule has 10 heteroatoms. The first-order valence-corrected chi connectivity index (χ1v) is 15.8. The van der Waals surface area contributed by atoms with Crippen LogP contribution >= 0.6 is 61.6 Å². The van der Waals surface area contributed by atoms with Crippen molar-refractivity contribution >= 4 is 79.4 Å². The number of halogens is 2. The number of nitrogens with zero attached hydrogens (tertiary/aromatic N) is 2. The summed E-state index contributed by atoms with van der Waals surface area (Å²) in [6.45, 7) is 1.94. The minimum absolute atomic E-state index is 0.0889. The van der Waals surface area contributed by atoms with Gasteiger partial charge in [0, 0.05) is 20.5 Å². The van der Waals surface area contributed by atoms with E-state index in [0.29, 0.717) is 29.7 Å². The number of ether oxygens (including phenoxy) is 1. The standard InChI is InChI=1S/C29H22BrIN2O4S2/c1-3-37-28(36)23-24(16-7-5-4-6-8-16)32-29-33(25(23)17-9-11-20(38-2)12-10-17)27(35)22(39-29)14-18-13-19(30)15-21(31)26(18)34/h4-15,25,34H,3H2,1-2H3/b22-14-/t25-/m1/s1. The molecular formula is C29H22BrIN2O4S2. The number of phenols is 1. The summed E-state index contributed by atoms with van der Waals surface area (Å²) >= 11 is 8.35. The molecule has 3 aromatic carbocycles. The van der Waals surface area contributed by atoms with E-state index < -0.39 is 12.0 Å². The fourth-order valence-electron chi connectivity index (χ4n) is 4.38. The summed E-state index contributed by atoms with van der Waals surface area (Å²) in [5.41, 5.74) is 2.50. The zero-order valence-electron chi connectivity index (χ0n) is 20.9. The molecule has 1 aromatic heterocycles. The third kappa shape index (κ3) is 5.52. The largest absolute Gasteiger partial charge is 0.506 e. The summed E-state index contributed by atoms with van der Waals surface area (Å²) in [5, 5.41) is 10.7. The Morgan fingerprint density at radius 2 is 1.92 bits per heavy atom. The van der Waals surface area contributed by atoms with Crippen LogP contribution in [-0.2, 0) is 9.53 Å². The number of carbonyl (C=O) groups excluding carboxylic acids is 1. The molecule has 0 radical (unpaired) electrons. The van der Waals surface area contributed by atoms with E-state index in [-0.39, 0.29) is 17.9 Å². The first-order valence-electron chi connectivity index (χ1n) is 11.9. The molecule has 1 aliphatic rings. The lowest BCUT2D eigenvalue weighted by atomic mass is 9.93. The third-order valence-corrected chi connectivity index (χ3v) is 9.16. The molecule has 0 aliphatic carbocycles. The highest BCUT2D eigenvalue weighted by Crippen LogP contribution is 2.36. The van der Waals surface area contributed by atoms with Crippen LogP contribution in [0.5, 0.6) is 5.75 Å². The number of thiazole rings is 1. The van der Waals surface area contributed by atoms with Crippen molar-refractivity contribution in [1.29, 1.82) is 0 Å². The molecule has 4 aromatic rings. The molecule has 1 atom stereocenters. The number of rotatable bonds is 6. The van der Waals surface area contributed by atoms with Crippen LogP contribution < -0.4 is 14.9 Å². The van der Waals surface area contributed by atoms with Crippen molar-refractivity contribution < 1.29 is 14.6 Å². The predicted molar refractivity (Wildman–Crippen MR) is 168 cm³/mol. The molecule has 0 unspecified atom stereocenters. The van der Waals surface area contributed by atoms with Gasteiger partial charge in [-0.1, -0.05) is 69.7 Å². The van der Waals surface area contributed by atoms with Crippen molar-refractivity contribution in [3.63, 3.8) is 0 Å². The van der Waals surface area contributed by atoms with E-state index in [2.05, 4.69) is 15.9 Å². The van der Waals surface area contributed by atoms with Gasteiger partial charge in [0.15, 0.2) is 4.80 Å². The Kier molecular flexibility index (Phi) is 8.46. The molecule has 0 saturated heterocycles. The number of hydrogen-bond acceptors (Lipinski definition) is 7. The van der Waals surface area contributed by atoms with Crippen LogP contribution in [-0.4, -0.2) is 28.5 Å². The zero-order valence-corrected chi connectivity index (χ0v) is 26.2. The van der Waals surface area contributed by atoms with Gasteiger partial charge in [-0.3, -0.25) is 9.36 Å². The van der Waals surface area contributed by atoms with E-state index in [1.54, 1.807) is 41.5 Å².